The fourth-order valence-electron chi connectivity index (χ4n) is 7.40. The van der Waals surface area contributed by atoms with E-state index in [0.29, 0.717) is 17.4 Å². The van der Waals surface area contributed by atoms with E-state index in [9.17, 15) is 19.4 Å². The van der Waals surface area contributed by atoms with Gasteiger partial charge in [0.1, 0.15) is 13.2 Å². The van der Waals surface area contributed by atoms with E-state index in [-0.39, 0.29) is 19.1 Å². The lowest BCUT2D eigenvalue weighted by molar-refractivity contribution is -0.870. The smallest absolute Gasteiger partial charge is 0.268 e. The molecule has 8 nitrogen and oxygen atoms in total. The molecule has 0 aliphatic rings. The summed E-state index contributed by atoms with van der Waals surface area (Å²) >= 11 is 0. The number of nitrogens with one attached hydrogen (secondary N) is 1. The van der Waals surface area contributed by atoms with Crippen LogP contribution in [-0.2, 0) is 18.4 Å². The molecule has 62 heavy (non-hydrogen) atoms. The minimum Gasteiger partial charge on any atom is -0.756 e. The Hall–Kier alpha value is -1.54. The zero-order valence-electron chi connectivity index (χ0n) is 41.3. The SMILES string of the molecule is CCCCC/C=C\C/C=C\C/C=C\CCCCCCCCC(=O)NC(COP(=O)([O-])OCC[N+](C)(C)C)C(O)/C=C/CCCCCCCCCCCCCCCCCCCCC. The quantitative estimate of drug-likeness (QED) is 0.0273. The number of aliphatic hydroxyl groups excluding tert-OH is 1. The van der Waals surface area contributed by atoms with Crippen molar-refractivity contribution in [3.63, 3.8) is 0 Å². The van der Waals surface area contributed by atoms with Gasteiger partial charge in [0.25, 0.3) is 7.82 Å². The molecular weight excluding hydrogens is 792 g/mol. The largest absolute Gasteiger partial charge is 0.756 e. The van der Waals surface area contributed by atoms with E-state index in [4.69, 9.17) is 9.05 Å². The van der Waals surface area contributed by atoms with E-state index in [1.54, 1.807) is 6.08 Å². The maximum absolute atomic E-state index is 12.9. The monoisotopic (exact) mass is 893 g/mol. The van der Waals surface area contributed by atoms with Crippen LogP contribution in [0.15, 0.2) is 48.6 Å². The summed E-state index contributed by atoms with van der Waals surface area (Å²) in [5.41, 5.74) is 0. The molecule has 0 spiro atoms. The number of likely N-dealkylation sites (N-methyl/N-ethyl adjacent to an activating group) is 1. The predicted molar refractivity (Wildman–Crippen MR) is 265 cm³/mol. The zero-order valence-corrected chi connectivity index (χ0v) is 42.2. The molecular formula is C53H101N2O6P. The molecule has 3 atom stereocenters. The number of aliphatic hydroxyl groups is 1. The van der Waals surface area contributed by atoms with Gasteiger partial charge in [-0.25, -0.2) is 0 Å². The standard InChI is InChI=1S/C53H101N2O6P/c1-6-8-10-12-14-16-18-20-22-24-26-27-29-30-32-34-36-38-40-42-44-46-52(56)51(50-61-62(58,59)60-49-48-55(3,4)5)54-53(57)47-45-43-41-39-37-35-33-31-28-25-23-21-19-17-15-13-11-9-7-2/h15,17,21,23,28,31,44,46,51-52,56H,6-14,16,18-20,22,24-27,29-30,32-43,45,47-50H2,1-5H3,(H-,54,57,58,59)/b17-15-,23-21-,31-28-,46-44+. The first-order valence-electron chi connectivity index (χ1n) is 26.0. The van der Waals surface area contributed by atoms with E-state index in [0.717, 1.165) is 64.2 Å². The number of amides is 1. The van der Waals surface area contributed by atoms with Crippen LogP contribution in [0.2, 0.25) is 0 Å². The van der Waals surface area contributed by atoms with Crippen molar-refractivity contribution in [1.29, 1.82) is 0 Å². The van der Waals surface area contributed by atoms with E-state index in [1.807, 2.05) is 27.2 Å². The maximum atomic E-state index is 12.9. The predicted octanol–water partition coefficient (Wildman–Crippen LogP) is 14.6. The van der Waals surface area contributed by atoms with Gasteiger partial charge in [-0.3, -0.25) is 9.36 Å². The number of phosphoric acid groups is 1. The lowest BCUT2D eigenvalue weighted by Gasteiger charge is -2.29. The minimum atomic E-state index is -4.60. The highest BCUT2D eigenvalue weighted by Crippen LogP contribution is 2.38. The third-order valence-electron chi connectivity index (χ3n) is 11.5. The number of hydrogen-bond acceptors (Lipinski definition) is 6. The second-order valence-corrected chi connectivity index (χ2v) is 20.3. The summed E-state index contributed by atoms with van der Waals surface area (Å²) in [7, 11) is 1.25. The molecule has 3 unspecified atom stereocenters. The lowest BCUT2D eigenvalue weighted by atomic mass is 10.0. The van der Waals surface area contributed by atoms with Gasteiger partial charge in [-0.05, 0) is 57.8 Å². The van der Waals surface area contributed by atoms with Crippen LogP contribution in [0, 0.1) is 0 Å². The van der Waals surface area contributed by atoms with Crippen LogP contribution in [0.4, 0.5) is 0 Å². The molecule has 0 heterocycles. The van der Waals surface area contributed by atoms with Gasteiger partial charge in [-0.1, -0.05) is 217 Å². The molecule has 0 fully saturated rings. The van der Waals surface area contributed by atoms with E-state index in [1.165, 1.54) is 148 Å². The topological polar surface area (TPSA) is 108 Å². The van der Waals surface area contributed by atoms with Crippen molar-refractivity contribution in [2.24, 2.45) is 0 Å². The van der Waals surface area contributed by atoms with E-state index >= 15 is 0 Å². The summed E-state index contributed by atoms with van der Waals surface area (Å²) in [5, 5.41) is 13.8. The Kier molecular flexibility index (Phi) is 43.5. The molecule has 0 saturated carbocycles. The second-order valence-electron chi connectivity index (χ2n) is 18.9. The Morgan fingerprint density at radius 3 is 1.39 bits per heavy atom. The Morgan fingerprint density at radius 1 is 0.565 bits per heavy atom. The van der Waals surface area contributed by atoms with Gasteiger partial charge in [-0.15, -0.1) is 0 Å². The molecule has 9 heteroatoms. The minimum absolute atomic E-state index is 0.00489. The third-order valence-corrected chi connectivity index (χ3v) is 12.5. The van der Waals surface area contributed by atoms with Crippen molar-refractivity contribution >= 4 is 13.7 Å². The van der Waals surface area contributed by atoms with Crippen molar-refractivity contribution in [3.05, 3.63) is 48.6 Å². The number of hydrogen-bond donors (Lipinski definition) is 2. The summed E-state index contributed by atoms with van der Waals surface area (Å²) in [6.45, 7) is 4.62. The third kappa shape index (κ3) is 46.5. The molecule has 0 aromatic carbocycles. The van der Waals surface area contributed by atoms with Crippen LogP contribution in [0.1, 0.15) is 232 Å². The van der Waals surface area contributed by atoms with Gasteiger partial charge in [0, 0.05) is 6.42 Å². The maximum Gasteiger partial charge on any atom is 0.268 e. The molecule has 0 aliphatic heterocycles. The molecule has 0 saturated heterocycles. The number of carbonyl (C=O) groups excluding carboxylic acids is 1. The first-order valence-corrected chi connectivity index (χ1v) is 27.5. The normalized spacial score (nSPS) is 14.5. The molecule has 0 aromatic heterocycles. The number of quaternary nitrogens is 1. The van der Waals surface area contributed by atoms with Crippen LogP contribution in [0.5, 0.6) is 0 Å². The van der Waals surface area contributed by atoms with Crippen molar-refractivity contribution in [2.75, 3.05) is 40.9 Å². The van der Waals surface area contributed by atoms with Crippen LogP contribution in [-0.4, -0.2) is 68.5 Å². The van der Waals surface area contributed by atoms with Gasteiger partial charge >= 0.3 is 0 Å². The highest BCUT2D eigenvalue weighted by molar-refractivity contribution is 7.45. The van der Waals surface area contributed by atoms with Gasteiger partial charge in [0.2, 0.25) is 5.91 Å². The Labute approximate surface area is 384 Å². The van der Waals surface area contributed by atoms with Gasteiger partial charge in [0.15, 0.2) is 0 Å². The Balaban J connectivity index is 4.34. The fourth-order valence-corrected chi connectivity index (χ4v) is 8.12. The summed E-state index contributed by atoms with van der Waals surface area (Å²) < 4.78 is 23.3. The van der Waals surface area contributed by atoms with Gasteiger partial charge in [-0.2, -0.15) is 0 Å². The van der Waals surface area contributed by atoms with Crippen LogP contribution >= 0.6 is 7.82 Å². The highest BCUT2D eigenvalue weighted by Gasteiger charge is 2.23. The summed E-state index contributed by atoms with van der Waals surface area (Å²) in [5.74, 6) is -0.210. The number of carbonyl (C=O) groups is 1. The first-order chi connectivity index (χ1) is 30.0. The van der Waals surface area contributed by atoms with Crippen LogP contribution in [0.3, 0.4) is 0 Å². The highest BCUT2D eigenvalue weighted by atomic mass is 31.2. The van der Waals surface area contributed by atoms with Crippen molar-refractivity contribution in [2.45, 2.75) is 244 Å². The van der Waals surface area contributed by atoms with Crippen LogP contribution in [0.25, 0.3) is 0 Å². The molecule has 2 N–H and O–H groups in total. The Morgan fingerprint density at radius 2 is 0.935 bits per heavy atom. The summed E-state index contributed by atoms with van der Waals surface area (Å²) in [6.07, 6.45) is 57.3. The van der Waals surface area contributed by atoms with Crippen molar-refractivity contribution in [3.8, 4) is 0 Å². The number of nitrogens with zero attached hydrogens (tertiary/aromatic N) is 1. The zero-order chi connectivity index (χ0) is 45.7. The molecule has 0 aliphatic carbocycles. The second kappa shape index (κ2) is 44.7. The van der Waals surface area contributed by atoms with Crippen molar-refractivity contribution in [1.82, 2.24) is 5.32 Å². The lowest BCUT2D eigenvalue weighted by Crippen LogP contribution is -2.45. The summed E-state index contributed by atoms with van der Waals surface area (Å²) in [6, 6.07) is -0.895. The number of phosphoric ester groups is 1. The molecule has 0 rings (SSSR count). The Bertz CT molecular complexity index is 1150. The molecule has 0 radical (unpaired) electrons. The van der Waals surface area contributed by atoms with Gasteiger partial charge in [0.05, 0.1) is 39.9 Å². The number of rotatable bonds is 47. The van der Waals surface area contributed by atoms with Crippen molar-refractivity contribution < 1.29 is 32.9 Å². The van der Waals surface area contributed by atoms with E-state index < -0.39 is 20.0 Å². The average molecular weight is 893 g/mol. The molecule has 0 bridgehead atoms. The van der Waals surface area contributed by atoms with Gasteiger partial charge < -0.3 is 28.8 Å². The average Bonchev–Trinajstić information content (AvgIpc) is 3.23. The molecule has 1 amide bonds. The summed E-state index contributed by atoms with van der Waals surface area (Å²) in [4.78, 5) is 25.4. The molecule has 364 valence electrons. The fraction of sp³-hybridized carbons (Fsp3) is 0.830. The van der Waals surface area contributed by atoms with E-state index in [2.05, 4.69) is 55.6 Å². The van der Waals surface area contributed by atoms with Crippen LogP contribution < -0.4 is 10.2 Å². The first kappa shape index (κ1) is 60.5. The number of unbranched alkanes of at least 4 members (excludes halogenated alkanes) is 28. The molecule has 0 aromatic rings. The number of allylic oxidation sites excluding steroid dienone is 7.